The van der Waals surface area contributed by atoms with Crippen molar-refractivity contribution in [2.45, 2.75) is 13.0 Å². The molecule has 1 aromatic carbocycles. The van der Waals surface area contributed by atoms with Gasteiger partial charge in [-0.3, -0.25) is 14.6 Å². The zero-order valence-electron chi connectivity index (χ0n) is 11.8. The third kappa shape index (κ3) is 3.22. The number of nitrogens with one attached hydrogen (secondary N) is 2. The van der Waals surface area contributed by atoms with Crippen molar-refractivity contribution in [3.63, 3.8) is 0 Å². The van der Waals surface area contributed by atoms with Crippen molar-refractivity contribution < 1.29 is 14.3 Å². The topological polar surface area (TPSA) is 80.3 Å². The van der Waals surface area contributed by atoms with Gasteiger partial charge in [-0.2, -0.15) is 0 Å². The lowest BCUT2D eigenvalue weighted by atomic mass is 10.1. The van der Waals surface area contributed by atoms with Gasteiger partial charge in [0.15, 0.2) is 0 Å². The third-order valence-electron chi connectivity index (χ3n) is 3.28. The molecule has 0 atom stereocenters. The van der Waals surface area contributed by atoms with E-state index in [0.29, 0.717) is 36.6 Å². The van der Waals surface area contributed by atoms with Crippen LogP contribution in [0.5, 0.6) is 5.75 Å². The van der Waals surface area contributed by atoms with E-state index in [4.69, 9.17) is 4.74 Å². The number of amides is 2. The number of nitrogens with zero attached hydrogens (tertiary/aromatic N) is 1. The molecule has 0 radical (unpaired) electrons. The van der Waals surface area contributed by atoms with Gasteiger partial charge in [0.1, 0.15) is 5.75 Å². The van der Waals surface area contributed by atoms with E-state index in [1.807, 2.05) is 12.1 Å². The van der Waals surface area contributed by atoms with Crippen molar-refractivity contribution in [3.8, 4) is 5.75 Å². The van der Waals surface area contributed by atoms with Gasteiger partial charge in [-0.05, 0) is 29.8 Å². The lowest BCUT2D eigenvalue weighted by molar-refractivity contribution is -0.116. The molecule has 0 spiro atoms. The van der Waals surface area contributed by atoms with Crippen LogP contribution in [-0.2, 0) is 11.3 Å². The van der Waals surface area contributed by atoms with E-state index < -0.39 is 0 Å². The minimum Gasteiger partial charge on any atom is -0.491 e. The van der Waals surface area contributed by atoms with Gasteiger partial charge < -0.3 is 15.4 Å². The maximum atomic E-state index is 12.2. The number of rotatable bonds is 3. The molecule has 0 aliphatic carbocycles. The quantitative estimate of drug-likeness (QED) is 0.904. The molecule has 6 nitrogen and oxygen atoms in total. The zero-order chi connectivity index (χ0) is 15.4. The lowest BCUT2D eigenvalue weighted by Gasteiger charge is -2.10. The summed E-state index contributed by atoms with van der Waals surface area (Å²) < 4.78 is 5.46. The van der Waals surface area contributed by atoms with E-state index in [1.165, 1.54) is 0 Å². The molecule has 3 rings (SSSR count). The Labute approximate surface area is 127 Å². The van der Waals surface area contributed by atoms with Gasteiger partial charge in [-0.25, -0.2) is 0 Å². The minimum atomic E-state index is -0.217. The summed E-state index contributed by atoms with van der Waals surface area (Å²) in [4.78, 5) is 27.7. The molecule has 22 heavy (non-hydrogen) atoms. The number of carbonyl (C=O) groups excluding carboxylic acids is 2. The smallest absolute Gasteiger partial charge is 0.251 e. The molecular weight excluding hydrogens is 282 g/mol. The molecule has 1 aliphatic heterocycles. The Morgan fingerprint density at radius 3 is 3.09 bits per heavy atom. The van der Waals surface area contributed by atoms with Crippen LogP contribution in [0.15, 0.2) is 42.7 Å². The van der Waals surface area contributed by atoms with Crippen LogP contribution in [0.4, 0.5) is 5.69 Å². The van der Waals surface area contributed by atoms with Gasteiger partial charge in [-0.15, -0.1) is 0 Å². The first-order chi connectivity index (χ1) is 10.7. The minimum absolute atomic E-state index is 0.119. The number of hydrogen-bond donors (Lipinski definition) is 2. The van der Waals surface area contributed by atoms with Gasteiger partial charge in [0.25, 0.3) is 5.91 Å². The predicted molar refractivity (Wildman–Crippen MR) is 80.6 cm³/mol. The third-order valence-corrected chi connectivity index (χ3v) is 3.28. The first-order valence-corrected chi connectivity index (χ1v) is 6.96. The standard InChI is InChI=1S/C16H15N3O3/c20-15-5-7-22-14-4-3-12(8-13(14)19-15)16(21)18-10-11-2-1-6-17-9-11/h1-4,6,8-9H,5,7,10H2,(H,18,21)(H,19,20). The Balaban J connectivity index is 1.72. The largest absolute Gasteiger partial charge is 0.491 e. The van der Waals surface area contributed by atoms with E-state index >= 15 is 0 Å². The Morgan fingerprint density at radius 2 is 2.27 bits per heavy atom. The molecule has 2 amide bonds. The van der Waals surface area contributed by atoms with E-state index in [-0.39, 0.29) is 11.8 Å². The summed E-state index contributed by atoms with van der Waals surface area (Å²) >= 11 is 0. The summed E-state index contributed by atoms with van der Waals surface area (Å²) in [5, 5.41) is 5.55. The van der Waals surface area contributed by atoms with Gasteiger partial charge in [0, 0.05) is 24.5 Å². The van der Waals surface area contributed by atoms with Gasteiger partial charge in [-0.1, -0.05) is 6.07 Å². The number of hydrogen-bond acceptors (Lipinski definition) is 4. The molecule has 2 N–H and O–H groups in total. The highest BCUT2D eigenvalue weighted by Crippen LogP contribution is 2.28. The maximum absolute atomic E-state index is 12.2. The molecular formula is C16H15N3O3. The second-order valence-electron chi connectivity index (χ2n) is 4.90. The van der Waals surface area contributed by atoms with Crippen molar-refractivity contribution >= 4 is 17.5 Å². The molecule has 2 heterocycles. The number of pyridine rings is 1. The van der Waals surface area contributed by atoms with Crippen LogP contribution < -0.4 is 15.4 Å². The van der Waals surface area contributed by atoms with Crippen LogP contribution >= 0.6 is 0 Å². The van der Waals surface area contributed by atoms with E-state index in [1.54, 1.807) is 30.6 Å². The van der Waals surface area contributed by atoms with Crippen molar-refractivity contribution in [1.82, 2.24) is 10.3 Å². The Hall–Kier alpha value is -2.89. The molecule has 0 saturated carbocycles. The predicted octanol–water partition coefficient (Wildman–Crippen LogP) is 1.73. The summed E-state index contributed by atoms with van der Waals surface area (Å²) in [5.74, 6) is 0.242. The molecule has 1 aromatic heterocycles. The van der Waals surface area contributed by atoms with Gasteiger partial charge in [0.2, 0.25) is 5.91 Å². The number of benzene rings is 1. The van der Waals surface area contributed by atoms with Crippen LogP contribution in [-0.4, -0.2) is 23.4 Å². The fourth-order valence-electron chi connectivity index (χ4n) is 2.15. The Kier molecular flexibility index (Phi) is 4.00. The number of carbonyl (C=O) groups is 2. The number of fused-ring (bicyclic) bond motifs is 1. The summed E-state index contributed by atoms with van der Waals surface area (Å²) in [7, 11) is 0. The second-order valence-corrected chi connectivity index (χ2v) is 4.90. The summed E-state index contributed by atoms with van der Waals surface area (Å²) in [5.41, 5.74) is 1.91. The molecule has 0 fully saturated rings. The van der Waals surface area contributed by atoms with Gasteiger partial charge >= 0.3 is 0 Å². The monoisotopic (exact) mass is 297 g/mol. The number of aromatic nitrogens is 1. The fourth-order valence-corrected chi connectivity index (χ4v) is 2.15. The average molecular weight is 297 g/mol. The number of ether oxygens (including phenoxy) is 1. The van der Waals surface area contributed by atoms with Crippen molar-refractivity contribution in [2.75, 3.05) is 11.9 Å². The van der Waals surface area contributed by atoms with Crippen molar-refractivity contribution in [3.05, 3.63) is 53.9 Å². The van der Waals surface area contributed by atoms with Crippen LogP contribution in [0.2, 0.25) is 0 Å². The van der Waals surface area contributed by atoms with Crippen molar-refractivity contribution in [1.29, 1.82) is 0 Å². The summed E-state index contributed by atoms with van der Waals surface area (Å²) in [6.45, 7) is 0.734. The molecule has 0 saturated heterocycles. The van der Waals surface area contributed by atoms with Gasteiger partial charge in [0.05, 0.1) is 18.7 Å². The average Bonchev–Trinajstić information content (AvgIpc) is 2.73. The van der Waals surface area contributed by atoms with Crippen LogP contribution in [0.3, 0.4) is 0 Å². The lowest BCUT2D eigenvalue weighted by Crippen LogP contribution is -2.23. The van der Waals surface area contributed by atoms with E-state index in [2.05, 4.69) is 15.6 Å². The Morgan fingerprint density at radius 1 is 1.36 bits per heavy atom. The number of anilines is 1. The van der Waals surface area contributed by atoms with Crippen LogP contribution in [0.1, 0.15) is 22.3 Å². The first-order valence-electron chi connectivity index (χ1n) is 6.96. The van der Waals surface area contributed by atoms with E-state index in [9.17, 15) is 9.59 Å². The normalized spacial score (nSPS) is 13.4. The van der Waals surface area contributed by atoms with Crippen LogP contribution in [0.25, 0.3) is 0 Å². The molecule has 2 aromatic rings. The molecule has 1 aliphatic rings. The summed E-state index contributed by atoms with van der Waals surface area (Å²) in [6, 6.07) is 8.70. The highest BCUT2D eigenvalue weighted by Gasteiger charge is 2.16. The van der Waals surface area contributed by atoms with Crippen LogP contribution in [0, 0.1) is 0 Å². The summed E-state index contributed by atoms with van der Waals surface area (Å²) in [6.07, 6.45) is 3.68. The second kappa shape index (κ2) is 6.26. The molecule has 112 valence electrons. The Bertz CT molecular complexity index is 701. The SMILES string of the molecule is O=C1CCOc2ccc(C(=O)NCc3cccnc3)cc2N1. The van der Waals surface area contributed by atoms with Crippen molar-refractivity contribution in [2.24, 2.45) is 0 Å². The first kappa shape index (κ1) is 14.1. The molecule has 6 heteroatoms. The molecule has 0 bridgehead atoms. The molecule has 0 unspecified atom stereocenters. The zero-order valence-corrected chi connectivity index (χ0v) is 11.8. The fraction of sp³-hybridized carbons (Fsp3) is 0.188. The van der Waals surface area contributed by atoms with E-state index in [0.717, 1.165) is 5.56 Å². The maximum Gasteiger partial charge on any atom is 0.251 e. The highest BCUT2D eigenvalue weighted by atomic mass is 16.5. The highest BCUT2D eigenvalue weighted by molar-refractivity contribution is 5.98.